The molecular formula is C14H19F3N2. The van der Waals surface area contributed by atoms with Crippen LogP contribution < -0.4 is 0 Å². The van der Waals surface area contributed by atoms with Crippen molar-refractivity contribution in [3.8, 4) is 0 Å². The molecule has 2 aliphatic carbocycles. The number of hydrogen-bond acceptors (Lipinski definition) is 1. The summed E-state index contributed by atoms with van der Waals surface area (Å²) in [5.74, 6) is -1.08. The van der Waals surface area contributed by atoms with Crippen LogP contribution in [0.3, 0.4) is 0 Å². The highest BCUT2D eigenvalue weighted by Gasteiger charge is 2.47. The van der Waals surface area contributed by atoms with Crippen LogP contribution in [0.4, 0.5) is 13.2 Å². The first-order chi connectivity index (χ1) is 9.05. The molecule has 19 heavy (non-hydrogen) atoms. The number of halogens is 3. The Labute approximate surface area is 110 Å². The van der Waals surface area contributed by atoms with Gasteiger partial charge in [0.1, 0.15) is 5.82 Å². The number of rotatable bonds is 1. The molecular weight excluding hydrogens is 253 g/mol. The standard InChI is InChI=1S/C14H19F3N2/c15-14(16,17)10-6-2-1-5-9(10)13-18-11-7-3-4-8-12(11)19-13/h9-10H,1-8H2,(H,18,19). The van der Waals surface area contributed by atoms with Gasteiger partial charge in [-0.2, -0.15) is 13.2 Å². The van der Waals surface area contributed by atoms with Crippen LogP contribution in [-0.2, 0) is 12.8 Å². The van der Waals surface area contributed by atoms with E-state index in [1.54, 1.807) is 0 Å². The zero-order valence-electron chi connectivity index (χ0n) is 10.9. The van der Waals surface area contributed by atoms with Gasteiger partial charge in [-0.3, -0.25) is 0 Å². The van der Waals surface area contributed by atoms with Gasteiger partial charge in [0, 0.05) is 11.6 Å². The third-order valence-electron chi connectivity index (χ3n) is 4.51. The molecule has 1 aromatic rings. The number of imidazole rings is 1. The van der Waals surface area contributed by atoms with Crippen LogP contribution >= 0.6 is 0 Å². The lowest BCUT2D eigenvalue weighted by Gasteiger charge is -2.31. The fraction of sp³-hybridized carbons (Fsp3) is 0.786. The van der Waals surface area contributed by atoms with Gasteiger partial charge in [-0.25, -0.2) is 4.98 Å². The molecule has 1 N–H and O–H groups in total. The van der Waals surface area contributed by atoms with E-state index in [4.69, 9.17) is 0 Å². The van der Waals surface area contributed by atoms with Crippen molar-refractivity contribution in [2.24, 2.45) is 5.92 Å². The zero-order valence-corrected chi connectivity index (χ0v) is 10.9. The molecule has 0 amide bonds. The first-order valence-corrected chi connectivity index (χ1v) is 7.20. The maximum Gasteiger partial charge on any atom is 0.392 e. The Bertz CT molecular complexity index is 427. The van der Waals surface area contributed by atoms with Gasteiger partial charge in [-0.1, -0.05) is 12.8 Å². The maximum atomic E-state index is 13.1. The fourth-order valence-corrected chi connectivity index (χ4v) is 3.50. The Kier molecular flexibility index (Phi) is 3.31. The van der Waals surface area contributed by atoms with Gasteiger partial charge >= 0.3 is 6.18 Å². The van der Waals surface area contributed by atoms with Crippen LogP contribution in [-0.4, -0.2) is 16.1 Å². The first-order valence-electron chi connectivity index (χ1n) is 7.20. The molecule has 1 heterocycles. The van der Waals surface area contributed by atoms with E-state index >= 15 is 0 Å². The summed E-state index contributed by atoms with van der Waals surface area (Å²) in [4.78, 5) is 7.68. The lowest BCUT2D eigenvalue weighted by molar-refractivity contribution is -0.187. The number of aromatic nitrogens is 2. The number of hydrogen-bond donors (Lipinski definition) is 1. The number of nitrogens with one attached hydrogen (secondary N) is 1. The van der Waals surface area contributed by atoms with Crippen LogP contribution in [0, 0.1) is 5.92 Å². The van der Waals surface area contributed by atoms with Crippen LogP contribution in [0.1, 0.15) is 61.7 Å². The van der Waals surface area contributed by atoms with Crippen LogP contribution in [0.2, 0.25) is 0 Å². The third-order valence-corrected chi connectivity index (χ3v) is 4.51. The molecule has 0 aromatic carbocycles. The van der Waals surface area contributed by atoms with Crippen molar-refractivity contribution in [3.05, 3.63) is 17.2 Å². The molecule has 106 valence electrons. The van der Waals surface area contributed by atoms with Crippen molar-refractivity contribution >= 4 is 0 Å². The number of aromatic amines is 1. The summed E-state index contributed by atoms with van der Waals surface area (Å²) >= 11 is 0. The number of H-pyrrole nitrogens is 1. The normalized spacial score (nSPS) is 28.2. The lowest BCUT2D eigenvalue weighted by Crippen LogP contribution is -2.32. The largest absolute Gasteiger partial charge is 0.392 e. The van der Waals surface area contributed by atoms with Gasteiger partial charge in [0.15, 0.2) is 0 Å². The molecule has 1 fully saturated rings. The second-order valence-electron chi connectivity index (χ2n) is 5.79. The molecule has 3 rings (SSSR count). The molecule has 0 bridgehead atoms. The minimum atomic E-state index is -4.10. The van der Waals surface area contributed by atoms with Crippen LogP contribution in [0.5, 0.6) is 0 Å². The Morgan fingerprint density at radius 1 is 1.00 bits per heavy atom. The molecule has 2 atom stereocenters. The van der Waals surface area contributed by atoms with Crippen molar-refractivity contribution in [2.75, 3.05) is 0 Å². The van der Waals surface area contributed by atoms with Crippen molar-refractivity contribution in [1.82, 2.24) is 9.97 Å². The number of nitrogens with zero attached hydrogens (tertiary/aromatic N) is 1. The topological polar surface area (TPSA) is 28.7 Å². The van der Waals surface area contributed by atoms with Crippen molar-refractivity contribution in [2.45, 2.75) is 63.5 Å². The summed E-state index contributed by atoms with van der Waals surface area (Å²) in [6, 6.07) is 0. The monoisotopic (exact) mass is 272 g/mol. The molecule has 0 spiro atoms. The summed E-state index contributed by atoms with van der Waals surface area (Å²) in [5.41, 5.74) is 2.08. The highest BCUT2D eigenvalue weighted by atomic mass is 19.4. The van der Waals surface area contributed by atoms with E-state index in [0.29, 0.717) is 18.7 Å². The van der Waals surface area contributed by atoms with E-state index in [1.807, 2.05) is 0 Å². The summed E-state index contributed by atoms with van der Waals surface area (Å²) in [6.07, 6.45) is 2.38. The molecule has 1 aromatic heterocycles. The van der Waals surface area contributed by atoms with Gasteiger partial charge in [0.2, 0.25) is 0 Å². The first kappa shape index (κ1) is 13.0. The number of aryl methyl sites for hydroxylation is 2. The number of alkyl halides is 3. The summed E-state index contributed by atoms with van der Waals surface area (Å²) < 4.78 is 39.4. The Balaban J connectivity index is 1.88. The molecule has 1 saturated carbocycles. The Morgan fingerprint density at radius 3 is 2.47 bits per heavy atom. The van der Waals surface area contributed by atoms with Crippen molar-refractivity contribution in [3.63, 3.8) is 0 Å². The smallest absolute Gasteiger partial charge is 0.345 e. The predicted molar refractivity (Wildman–Crippen MR) is 66.0 cm³/mol. The SMILES string of the molecule is FC(F)(F)C1CCCCC1c1nc2c([nH]1)CCCC2. The average Bonchev–Trinajstić information content (AvgIpc) is 2.81. The van der Waals surface area contributed by atoms with Crippen LogP contribution in [0.15, 0.2) is 0 Å². The van der Waals surface area contributed by atoms with Gasteiger partial charge in [-0.15, -0.1) is 0 Å². The highest BCUT2D eigenvalue weighted by molar-refractivity contribution is 5.20. The van der Waals surface area contributed by atoms with E-state index in [2.05, 4.69) is 9.97 Å². The fourth-order valence-electron chi connectivity index (χ4n) is 3.50. The Morgan fingerprint density at radius 2 is 1.74 bits per heavy atom. The van der Waals surface area contributed by atoms with Crippen molar-refractivity contribution < 1.29 is 13.2 Å². The van der Waals surface area contributed by atoms with Gasteiger partial charge < -0.3 is 4.98 Å². The van der Waals surface area contributed by atoms with E-state index in [0.717, 1.165) is 43.5 Å². The summed E-state index contributed by atoms with van der Waals surface area (Å²) in [5, 5.41) is 0. The molecule has 2 nitrogen and oxygen atoms in total. The average molecular weight is 272 g/mol. The minimum Gasteiger partial charge on any atom is -0.345 e. The van der Waals surface area contributed by atoms with Gasteiger partial charge in [-0.05, 0) is 38.5 Å². The number of fused-ring (bicyclic) bond motifs is 1. The van der Waals surface area contributed by atoms with E-state index in [1.165, 1.54) is 0 Å². The molecule has 5 heteroatoms. The van der Waals surface area contributed by atoms with E-state index in [9.17, 15) is 13.2 Å². The quantitative estimate of drug-likeness (QED) is 0.818. The highest BCUT2D eigenvalue weighted by Crippen LogP contribution is 2.45. The predicted octanol–water partition coefficient (Wildman–Crippen LogP) is 4.12. The Hall–Kier alpha value is -1.00. The molecule has 0 radical (unpaired) electrons. The maximum absolute atomic E-state index is 13.1. The van der Waals surface area contributed by atoms with Gasteiger partial charge in [0.25, 0.3) is 0 Å². The van der Waals surface area contributed by atoms with Crippen LogP contribution in [0.25, 0.3) is 0 Å². The molecule has 0 aliphatic heterocycles. The van der Waals surface area contributed by atoms with Crippen molar-refractivity contribution in [1.29, 1.82) is 0 Å². The van der Waals surface area contributed by atoms with Gasteiger partial charge in [0.05, 0.1) is 11.6 Å². The summed E-state index contributed by atoms with van der Waals surface area (Å²) in [7, 11) is 0. The second kappa shape index (κ2) is 4.84. The third kappa shape index (κ3) is 2.51. The lowest BCUT2D eigenvalue weighted by atomic mass is 9.78. The van der Waals surface area contributed by atoms with E-state index < -0.39 is 18.0 Å². The summed E-state index contributed by atoms with van der Waals surface area (Å²) in [6.45, 7) is 0. The minimum absolute atomic E-state index is 0.250. The molecule has 2 unspecified atom stereocenters. The second-order valence-corrected chi connectivity index (χ2v) is 5.79. The van der Waals surface area contributed by atoms with E-state index in [-0.39, 0.29) is 6.42 Å². The molecule has 0 saturated heterocycles. The zero-order chi connectivity index (χ0) is 13.5. The molecule has 2 aliphatic rings.